The van der Waals surface area contributed by atoms with Crippen LogP contribution in [0.1, 0.15) is 6.92 Å². The van der Waals surface area contributed by atoms with Gasteiger partial charge in [-0.1, -0.05) is 12.2 Å². The third-order valence-corrected chi connectivity index (χ3v) is 1.55. The molecule has 0 atom stereocenters. The van der Waals surface area contributed by atoms with Gasteiger partial charge in [0.1, 0.15) is 5.75 Å². The highest BCUT2D eigenvalue weighted by Crippen LogP contribution is 2.17. The standard InChI is InChI=1S/C10H11NOS/c1-2-12-10-5-3-9(4-6-10)11-7-8-13/h3-8H,2H2,1H3. The Morgan fingerprint density at radius 3 is 2.62 bits per heavy atom. The summed E-state index contributed by atoms with van der Waals surface area (Å²) in [4.78, 5) is 4.09. The summed E-state index contributed by atoms with van der Waals surface area (Å²) in [6, 6.07) is 7.56. The van der Waals surface area contributed by atoms with Crippen LogP contribution in [0.5, 0.6) is 5.75 Å². The van der Waals surface area contributed by atoms with Crippen LogP contribution in [0, 0.1) is 0 Å². The highest BCUT2D eigenvalue weighted by molar-refractivity contribution is 7.80. The molecule has 3 heteroatoms. The first-order valence-corrected chi connectivity index (χ1v) is 4.54. The molecular weight excluding hydrogens is 182 g/mol. The summed E-state index contributed by atoms with van der Waals surface area (Å²) in [7, 11) is 0. The van der Waals surface area contributed by atoms with Crippen LogP contribution < -0.4 is 4.74 Å². The maximum absolute atomic E-state index is 5.29. The van der Waals surface area contributed by atoms with Crippen molar-refractivity contribution < 1.29 is 4.74 Å². The minimum absolute atomic E-state index is 0.683. The molecule has 0 N–H and O–H groups in total. The first kappa shape index (κ1) is 9.86. The van der Waals surface area contributed by atoms with E-state index in [2.05, 4.69) is 17.2 Å². The van der Waals surface area contributed by atoms with Gasteiger partial charge in [-0.2, -0.15) is 0 Å². The van der Waals surface area contributed by atoms with Crippen molar-refractivity contribution in [3.05, 3.63) is 24.3 Å². The van der Waals surface area contributed by atoms with Gasteiger partial charge in [-0.25, -0.2) is 0 Å². The number of hydrogen-bond acceptors (Lipinski definition) is 3. The highest BCUT2D eigenvalue weighted by Gasteiger charge is 1.90. The van der Waals surface area contributed by atoms with Crippen molar-refractivity contribution in [1.82, 2.24) is 0 Å². The van der Waals surface area contributed by atoms with Gasteiger partial charge in [0.2, 0.25) is 0 Å². The van der Waals surface area contributed by atoms with Crippen LogP contribution >= 0.6 is 12.2 Å². The summed E-state index contributed by atoms with van der Waals surface area (Å²) in [5, 5.41) is 1.48. The number of nitrogens with zero attached hydrogens (tertiary/aromatic N) is 1. The molecule has 0 fully saturated rings. The zero-order valence-corrected chi connectivity index (χ0v) is 8.25. The Balaban J connectivity index is 2.69. The second-order valence-electron chi connectivity index (χ2n) is 2.34. The van der Waals surface area contributed by atoms with Crippen molar-refractivity contribution in [2.24, 2.45) is 4.99 Å². The molecule has 0 radical (unpaired) electrons. The number of hydrogen-bond donors (Lipinski definition) is 0. The molecule has 2 nitrogen and oxygen atoms in total. The molecule has 13 heavy (non-hydrogen) atoms. The lowest BCUT2D eigenvalue weighted by molar-refractivity contribution is 0.340. The van der Waals surface area contributed by atoms with Crippen molar-refractivity contribution in [2.45, 2.75) is 6.92 Å². The smallest absolute Gasteiger partial charge is 0.119 e. The summed E-state index contributed by atoms with van der Waals surface area (Å²) < 4.78 is 5.29. The molecule has 0 spiro atoms. The van der Waals surface area contributed by atoms with Crippen LogP contribution in [0.2, 0.25) is 0 Å². The number of ether oxygens (including phenoxy) is 1. The van der Waals surface area contributed by atoms with Crippen molar-refractivity contribution >= 4 is 29.5 Å². The van der Waals surface area contributed by atoms with Crippen molar-refractivity contribution in [3.8, 4) is 5.75 Å². The Kier molecular flexibility index (Phi) is 4.12. The van der Waals surface area contributed by atoms with Crippen molar-refractivity contribution in [2.75, 3.05) is 6.61 Å². The molecule has 0 unspecified atom stereocenters. The maximum Gasteiger partial charge on any atom is 0.119 e. The molecular formula is C10H11NOS. The van der Waals surface area contributed by atoms with E-state index in [0.717, 1.165) is 11.4 Å². The first-order valence-electron chi connectivity index (χ1n) is 4.07. The van der Waals surface area contributed by atoms with Gasteiger partial charge in [0.25, 0.3) is 0 Å². The Labute approximate surface area is 83.3 Å². The van der Waals surface area contributed by atoms with Gasteiger partial charge >= 0.3 is 0 Å². The normalized spacial score (nSPS) is 10.2. The van der Waals surface area contributed by atoms with Gasteiger partial charge in [0, 0.05) is 11.6 Å². The second-order valence-corrected chi connectivity index (χ2v) is 2.61. The third-order valence-electron chi connectivity index (χ3n) is 1.43. The predicted molar refractivity (Wildman–Crippen MR) is 59.4 cm³/mol. The van der Waals surface area contributed by atoms with Gasteiger partial charge in [0.15, 0.2) is 0 Å². The van der Waals surface area contributed by atoms with Crippen LogP contribution in [-0.4, -0.2) is 18.2 Å². The van der Waals surface area contributed by atoms with Crippen LogP contribution in [0.4, 0.5) is 5.69 Å². The van der Waals surface area contributed by atoms with Gasteiger partial charge in [-0.3, -0.25) is 4.99 Å². The van der Waals surface area contributed by atoms with E-state index in [9.17, 15) is 0 Å². The lowest BCUT2D eigenvalue weighted by Crippen LogP contribution is -1.89. The summed E-state index contributed by atoms with van der Waals surface area (Å²) in [6.07, 6.45) is 1.59. The minimum atomic E-state index is 0.683. The van der Waals surface area contributed by atoms with E-state index in [1.54, 1.807) is 6.21 Å². The first-order chi connectivity index (χ1) is 6.36. The SMILES string of the molecule is CCOc1ccc(N=CC=S)cc1. The Morgan fingerprint density at radius 1 is 1.38 bits per heavy atom. The number of thiocarbonyl (C=S) groups is 1. The molecule has 1 aromatic carbocycles. The summed E-state index contributed by atoms with van der Waals surface area (Å²) in [6.45, 7) is 2.64. The quantitative estimate of drug-likeness (QED) is 0.541. The van der Waals surface area contributed by atoms with E-state index < -0.39 is 0 Å². The lowest BCUT2D eigenvalue weighted by atomic mass is 10.3. The molecule has 0 saturated heterocycles. The van der Waals surface area contributed by atoms with Crippen LogP contribution in [0.15, 0.2) is 29.3 Å². The molecule has 0 heterocycles. The Morgan fingerprint density at radius 2 is 2.08 bits per heavy atom. The van der Waals surface area contributed by atoms with Crippen LogP contribution in [-0.2, 0) is 0 Å². The molecule has 0 aliphatic rings. The third kappa shape index (κ3) is 3.34. The van der Waals surface area contributed by atoms with E-state index in [1.165, 1.54) is 5.37 Å². The molecule has 0 aromatic heterocycles. The van der Waals surface area contributed by atoms with Crippen LogP contribution in [0.3, 0.4) is 0 Å². The predicted octanol–water partition coefficient (Wildman–Crippen LogP) is 2.79. The summed E-state index contributed by atoms with van der Waals surface area (Å²) >= 11 is 4.62. The fraction of sp³-hybridized carbons (Fsp3) is 0.200. The largest absolute Gasteiger partial charge is 0.494 e. The highest BCUT2D eigenvalue weighted by atomic mass is 32.1. The van der Waals surface area contributed by atoms with E-state index in [0.29, 0.717) is 6.61 Å². The van der Waals surface area contributed by atoms with E-state index in [1.807, 2.05) is 31.2 Å². The molecule has 0 aliphatic heterocycles. The Hall–Kier alpha value is -1.22. The van der Waals surface area contributed by atoms with Crippen LogP contribution in [0.25, 0.3) is 0 Å². The monoisotopic (exact) mass is 193 g/mol. The molecule has 0 aliphatic carbocycles. The number of rotatable bonds is 4. The maximum atomic E-state index is 5.29. The average Bonchev–Trinajstić information content (AvgIpc) is 2.17. The molecule has 0 bridgehead atoms. The Bertz CT molecular complexity index is 292. The average molecular weight is 193 g/mol. The zero-order chi connectivity index (χ0) is 9.52. The summed E-state index contributed by atoms with van der Waals surface area (Å²) in [5.41, 5.74) is 0.879. The van der Waals surface area contributed by atoms with Crippen molar-refractivity contribution in [3.63, 3.8) is 0 Å². The van der Waals surface area contributed by atoms with Gasteiger partial charge in [-0.05, 0) is 31.2 Å². The van der Waals surface area contributed by atoms with Gasteiger partial charge < -0.3 is 4.74 Å². The van der Waals surface area contributed by atoms with Crippen molar-refractivity contribution in [1.29, 1.82) is 0 Å². The topological polar surface area (TPSA) is 21.6 Å². The van der Waals surface area contributed by atoms with E-state index in [-0.39, 0.29) is 0 Å². The fourth-order valence-corrected chi connectivity index (χ4v) is 0.972. The van der Waals surface area contributed by atoms with Gasteiger partial charge in [0.05, 0.1) is 12.3 Å². The number of aliphatic imine (C=N–C) groups is 1. The fourth-order valence-electron chi connectivity index (χ4n) is 0.912. The minimum Gasteiger partial charge on any atom is -0.494 e. The molecule has 1 rings (SSSR count). The zero-order valence-electron chi connectivity index (χ0n) is 7.43. The number of benzene rings is 1. The second kappa shape index (κ2) is 5.43. The lowest BCUT2D eigenvalue weighted by Gasteiger charge is -2.01. The van der Waals surface area contributed by atoms with E-state index in [4.69, 9.17) is 4.74 Å². The molecule has 0 amide bonds. The molecule has 1 aromatic rings. The van der Waals surface area contributed by atoms with Gasteiger partial charge in [-0.15, -0.1) is 0 Å². The summed E-state index contributed by atoms with van der Waals surface area (Å²) in [5.74, 6) is 0.865. The van der Waals surface area contributed by atoms with E-state index >= 15 is 0 Å². The molecule has 68 valence electrons. The molecule has 0 saturated carbocycles.